The number of hydrogen-bond acceptors (Lipinski definition) is 5. The number of piperidine rings is 1. The molecule has 222 valence electrons. The molecule has 1 saturated heterocycles. The molecule has 4 aromatic carbocycles. The first kappa shape index (κ1) is 28.7. The van der Waals surface area contributed by atoms with E-state index in [1.807, 2.05) is 30.3 Å². The second-order valence-corrected chi connectivity index (χ2v) is 11.3. The van der Waals surface area contributed by atoms with Gasteiger partial charge in [0.05, 0.1) is 19.9 Å². The van der Waals surface area contributed by atoms with Crippen molar-refractivity contribution in [2.24, 2.45) is 0 Å². The van der Waals surface area contributed by atoms with Crippen molar-refractivity contribution in [1.82, 2.24) is 9.47 Å². The van der Waals surface area contributed by atoms with Gasteiger partial charge in [-0.3, -0.25) is 4.90 Å². The Morgan fingerprint density at radius 2 is 1.53 bits per heavy atom. The minimum atomic E-state index is 0.272. The molecular formula is C37H40N2O4. The molecule has 6 rings (SSSR count). The lowest BCUT2D eigenvalue weighted by Crippen LogP contribution is -2.33. The number of fused-ring (bicyclic) bond motifs is 1. The molecule has 0 unspecified atom stereocenters. The van der Waals surface area contributed by atoms with Crippen LogP contribution in [0.4, 0.5) is 0 Å². The summed E-state index contributed by atoms with van der Waals surface area (Å²) in [6.45, 7) is 6.89. The number of para-hydroxylation sites is 1. The summed E-state index contributed by atoms with van der Waals surface area (Å²) in [6.07, 6.45) is 3.94. The second-order valence-electron chi connectivity index (χ2n) is 11.3. The van der Waals surface area contributed by atoms with E-state index in [0.29, 0.717) is 13.2 Å². The molecule has 0 bridgehead atoms. The minimum Gasteiger partial charge on any atom is -0.507 e. The highest BCUT2D eigenvalue weighted by atomic mass is 16.5. The zero-order valence-corrected chi connectivity index (χ0v) is 25.3. The Morgan fingerprint density at radius 3 is 2.28 bits per heavy atom. The lowest BCUT2D eigenvalue weighted by molar-refractivity contribution is 0.183. The maximum Gasteiger partial charge on any atom is 0.131 e. The maximum atomic E-state index is 10.6. The van der Waals surface area contributed by atoms with Gasteiger partial charge < -0.3 is 23.9 Å². The summed E-state index contributed by atoms with van der Waals surface area (Å²) in [5.74, 6) is 2.68. The first-order valence-corrected chi connectivity index (χ1v) is 15.1. The second kappa shape index (κ2) is 12.8. The Balaban J connectivity index is 1.35. The van der Waals surface area contributed by atoms with Gasteiger partial charge in [-0.15, -0.1) is 0 Å². The van der Waals surface area contributed by atoms with Crippen LogP contribution in [0.25, 0.3) is 33.3 Å². The number of methoxy groups -OCH3 is 2. The van der Waals surface area contributed by atoms with Crippen LogP contribution in [0.1, 0.15) is 30.4 Å². The lowest BCUT2D eigenvalue weighted by atomic mass is 10.0. The molecule has 1 aliphatic heterocycles. The molecule has 1 fully saturated rings. The minimum absolute atomic E-state index is 0.272. The van der Waals surface area contributed by atoms with Crippen LogP contribution in [0, 0.1) is 6.92 Å². The van der Waals surface area contributed by atoms with Gasteiger partial charge in [0.15, 0.2) is 0 Å². The average molecular weight is 577 g/mol. The van der Waals surface area contributed by atoms with Gasteiger partial charge in [-0.25, -0.2) is 0 Å². The standard InChI is InChI=1S/C37H40N2O4/c1-26-33-23-28(31-9-5-6-10-35(31)40)13-18-34(33)39(37(26)32-17-16-30(41-2)24-36(32)42-3)25-27-11-14-29(15-12-27)43-22-21-38-19-7-4-8-20-38/h5-6,9-18,23-24,40H,4,7-8,19-22,25H2,1-3H3. The largest absolute Gasteiger partial charge is 0.507 e. The van der Waals surface area contributed by atoms with E-state index in [0.717, 1.165) is 62.6 Å². The predicted molar refractivity (Wildman–Crippen MR) is 174 cm³/mol. The van der Waals surface area contributed by atoms with Gasteiger partial charge in [-0.05, 0) is 92.0 Å². The number of aromatic nitrogens is 1. The molecule has 6 nitrogen and oxygen atoms in total. The summed E-state index contributed by atoms with van der Waals surface area (Å²) in [7, 11) is 3.36. The third-order valence-corrected chi connectivity index (χ3v) is 8.58. The van der Waals surface area contributed by atoms with Gasteiger partial charge in [0.1, 0.15) is 29.6 Å². The van der Waals surface area contributed by atoms with Gasteiger partial charge in [-0.1, -0.05) is 42.8 Å². The van der Waals surface area contributed by atoms with E-state index < -0.39 is 0 Å². The summed E-state index contributed by atoms with van der Waals surface area (Å²) < 4.78 is 19.8. The monoisotopic (exact) mass is 576 g/mol. The van der Waals surface area contributed by atoms with Crippen LogP contribution < -0.4 is 14.2 Å². The molecule has 0 saturated carbocycles. The van der Waals surface area contributed by atoms with Crippen LogP contribution in [0.5, 0.6) is 23.0 Å². The number of hydrogen-bond donors (Lipinski definition) is 1. The van der Waals surface area contributed by atoms with E-state index >= 15 is 0 Å². The molecule has 0 radical (unpaired) electrons. The van der Waals surface area contributed by atoms with E-state index in [1.165, 1.54) is 37.9 Å². The molecule has 0 atom stereocenters. The van der Waals surface area contributed by atoms with Gasteiger partial charge in [-0.2, -0.15) is 0 Å². The molecule has 0 spiro atoms. The first-order chi connectivity index (χ1) is 21.1. The summed E-state index contributed by atoms with van der Waals surface area (Å²) >= 11 is 0. The molecule has 2 heterocycles. The summed E-state index contributed by atoms with van der Waals surface area (Å²) in [5.41, 5.74) is 7.32. The number of phenols is 1. The van der Waals surface area contributed by atoms with Crippen molar-refractivity contribution in [3.05, 3.63) is 96.1 Å². The highest BCUT2D eigenvalue weighted by Gasteiger charge is 2.21. The fourth-order valence-electron chi connectivity index (χ4n) is 6.26. The first-order valence-electron chi connectivity index (χ1n) is 15.1. The number of rotatable bonds is 10. The fraction of sp³-hybridized carbons (Fsp3) is 0.297. The Kier molecular flexibility index (Phi) is 8.57. The van der Waals surface area contributed by atoms with Gasteiger partial charge in [0, 0.05) is 41.2 Å². The van der Waals surface area contributed by atoms with Crippen LogP contribution >= 0.6 is 0 Å². The number of aromatic hydroxyl groups is 1. The van der Waals surface area contributed by atoms with E-state index in [1.54, 1.807) is 20.3 Å². The third-order valence-electron chi connectivity index (χ3n) is 8.58. The van der Waals surface area contributed by atoms with Gasteiger partial charge in [0.25, 0.3) is 0 Å². The smallest absolute Gasteiger partial charge is 0.131 e. The van der Waals surface area contributed by atoms with Crippen LogP contribution in [-0.2, 0) is 6.54 Å². The van der Waals surface area contributed by atoms with Crippen molar-refractivity contribution in [1.29, 1.82) is 0 Å². The van der Waals surface area contributed by atoms with Crippen molar-refractivity contribution in [2.45, 2.75) is 32.7 Å². The van der Waals surface area contributed by atoms with Crippen molar-refractivity contribution >= 4 is 10.9 Å². The Labute approximate surface area is 254 Å². The molecule has 0 aliphatic carbocycles. The van der Waals surface area contributed by atoms with Crippen molar-refractivity contribution in [3.63, 3.8) is 0 Å². The SMILES string of the molecule is COc1ccc(-c2c(C)c3cc(-c4ccccc4O)ccc3n2Cc2ccc(OCCN3CCCCC3)cc2)c(OC)c1. The number of aryl methyl sites for hydroxylation is 1. The van der Waals surface area contributed by atoms with Crippen LogP contribution in [0.2, 0.25) is 0 Å². The van der Waals surface area contributed by atoms with Crippen LogP contribution in [0.3, 0.4) is 0 Å². The molecule has 5 aromatic rings. The summed E-state index contributed by atoms with van der Waals surface area (Å²) in [6, 6.07) is 28.3. The number of phenolic OH excluding ortho intramolecular Hbond substituents is 1. The number of nitrogens with zero attached hydrogens (tertiary/aromatic N) is 2. The highest BCUT2D eigenvalue weighted by Crippen LogP contribution is 2.42. The number of benzene rings is 4. The average Bonchev–Trinajstić information content (AvgIpc) is 3.32. The lowest BCUT2D eigenvalue weighted by Gasteiger charge is -2.26. The van der Waals surface area contributed by atoms with E-state index in [-0.39, 0.29) is 5.75 Å². The summed E-state index contributed by atoms with van der Waals surface area (Å²) in [4.78, 5) is 2.50. The van der Waals surface area contributed by atoms with Crippen molar-refractivity contribution in [3.8, 4) is 45.4 Å². The normalized spacial score (nSPS) is 13.7. The topological polar surface area (TPSA) is 56.1 Å². The van der Waals surface area contributed by atoms with Crippen molar-refractivity contribution < 1.29 is 19.3 Å². The Bertz CT molecular complexity index is 1700. The molecule has 1 N–H and O–H groups in total. The molecule has 1 aliphatic rings. The quantitative estimate of drug-likeness (QED) is 0.183. The van der Waals surface area contributed by atoms with E-state index in [2.05, 4.69) is 64.9 Å². The van der Waals surface area contributed by atoms with Crippen LogP contribution in [-0.4, -0.2) is 55.0 Å². The molecule has 1 aromatic heterocycles. The molecule has 43 heavy (non-hydrogen) atoms. The maximum absolute atomic E-state index is 10.6. The predicted octanol–water partition coefficient (Wildman–Crippen LogP) is 7.92. The summed E-state index contributed by atoms with van der Waals surface area (Å²) in [5, 5.41) is 11.7. The Hall–Kier alpha value is -4.42. The zero-order chi connectivity index (χ0) is 29.8. The number of ether oxygens (including phenoxy) is 3. The third kappa shape index (κ3) is 6.06. The van der Waals surface area contributed by atoms with Gasteiger partial charge in [0.2, 0.25) is 0 Å². The zero-order valence-electron chi connectivity index (χ0n) is 25.3. The Morgan fingerprint density at radius 1 is 0.767 bits per heavy atom. The van der Waals surface area contributed by atoms with E-state index in [4.69, 9.17) is 14.2 Å². The fourth-order valence-corrected chi connectivity index (χ4v) is 6.26. The van der Waals surface area contributed by atoms with E-state index in [9.17, 15) is 5.11 Å². The highest BCUT2D eigenvalue weighted by molar-refractivity contribution is 5.96. The number of likely N-dealkylation sites (tertiary alicyclic amines) is 1. The molecule has 6 heteroatoms. The molecule has 0 amide bonds. The van der Waals surface area contributed by atoms with Crippen LogP contribution in [0.15, 0.2) is 84.9 Å². The van der Waals surface area contributed by atoms with Crippen molar-refractivity contribution in [2.75, 3.05) is 40.5 Å². The van der Waals surface area contributed by atoms with Gasteiger partial charge >= 0.3 is 0 Å². The molecular weight excluding hydrogens is 536 g/mol.